The van der Waals surface area contributed by atoms with E-state index in [1.54, 1.807) is 19.1 Å². The van der Waals surface area contributed by atoms with Gasteiger partial charge in [0.25, 0.3) is 0 Å². The fraction of sp³-hybridized carbons (Fsp3) is 0.381. The summed E-state index contributed by atoms with van der Waals surface area (Å²) in [7, 11) is -2.32. The molecule has 0 aliphatic carbocycles. The van der Waals surface area contributed by atoms with Crippen LogP contribution in [-0.2, 0) is 21.4 Å². The third kappa shape index (κ3) is 5.81. The minimum Gasteiger partial charge on any atom is -0.496 e. The van der Waals surface area contributed by atoms with Gasteiger partial charge in [0.05, 0.1) is 18.6 Å². The lowest BCUT2D eigenvalue weighted by Gasteiger charge is -2.23. The second-order valence-electron chi connectivity index (χ2n) is 7.09. The van der Waals surface area contributed by atoms with Crippen molar-refractivity contribution in [2.75, 3.05) is 20.2 Å². The molecule has 152 valence electrons. The fourth-order valence-electron chi connectivity index (χ4n) is 2.71. The van der Waals surface area contributed by atoms with Crippen molar-refractivity contribution in [1.82, 2.24) is 9.62 Å². The normalized spacial score (nSPS) is 11.6. The van der Waals surface area contributed by atoms with Crippen LogP contribution < -0.4 is 10.1 Å². The van der Waals surface area contributed by atoms with E-state index in [2.05, 4.69) is 5.32 Å². The molecule has 0 fully saturated rings. The van der Waals surface area contributed by atoms with E-state index in [1.807, 2.05) is 44.2 Å². The van der Waals surface area contributed by atoms with Crippen molar-refractivity contribution in [2.45, 2.75) is 32.2 Å². The first-order valence-corrected chi connectivity index (χ1v) is 10.6. The van der Waals surface area contributed by atoms with Gasteiger partial charge in [-0.25, -0.2) is 8.42 Å². The Balaban J connectivity index is 2.32. The van der Waals surface area contributed by atoms with E-state index in [1.165, 1.54) is 17.5 Å². The van der Waals surface area contributed by atoms with Crippen molar-refractivity contribution in [3.63, 3.8) is 0 Å². The zero-order chi connectivity index (χ0) is 20.7. The molecule has 2 aromatic rings. The molecule has 1 N–H and O–H groups in total. The maximum atomic E-state index is 13.3. The van der Waals surface area contributed by atoms with Gasteiger partial charge in [0.15, 0.2) is 0 Å². The first-order chi connectivity index (χ1) is 13.2. The number of hydrogen-bond acceptors (Lipinski definition) is 4. The summed E-state index contributed by atoms with van der Waals surface area (Å²) in [4.78, 5) is 12.5. The van der Waals surface area contributed by atoms with E-state index < -0.39 is 10.0 Å². The van der Waals surface area contributed by atoms with Gasteiger partial charge in [0.1, 0.15) is 5.75 Å². The number of methoxy groups -OCH3 is 1. The Bertz CT molecular complexity index is 896. The van der Waals surface area contributed by atoms with Crippen molar-refractivity contribution in [1.29, 1.82) is 0 Å². The first-order valence-electron chi connectivity index (χ1n) is 9.19. The number of sulfonamides is 1. The fourth-order valence-corrected chi connectivity index (χ4v) is 4.18. The molecule has 0 spiro atoms. The molecule has 0 bridgehead atoms. The number of hydrogen-bond donors (Lipinski definition) is 1. The van der Waals surface area contributed by atoms with Crippen LogP contribution in [0.3, 0.4) is 0 Å². The molecule has 0 aromatic heterocycles. The summed E-state index contributed by atoms with van der Waals surface area (Å²) >= 11 is 0. The van der Waals surface area contributed by atoms with Crippen molar-refractivity contribution in [3.05, 3.63) is 59.7 Å². The topological polar surface area (TPSA) is 75.7 Å². The molecule has 0 aliphatic heterocycles. The van der Waals surface area contributed by atoms with E-state index >= 15 is 0 Å². The molecule has 1 amide bonds. The number of benzene rings is 2. The monoisotopic (exact) mass is 404 g/mol. The van der Waals surface area contributed by atoms with Crippen molar-refractivity contribution in [2.24, 2.45) is 5.92 Å². The van der Waals surface area contributed by atoms with Crippen LogP contribution in [0.2, 0.25) is 0 Å². The van der Waals surface area contributed by atoms with Crippen LogP contribution in [0.4, 0.5) is 0 Å². The van der Waals surface area contributed by atoms with E-state index in [-0.39, 0.29) is 29.8 Å². The van der Waals surface area contributed by atoms with Crippen LogP contribution in [0.25, 0.3) is 0 Å². The highest BCUT2D eigenvalue weighted by Crippen LogP contribution is 2.24. The minimum absolute atomic E-state index is 0.114. The maximum Gasteiger partial charge on any atom is 0.243 e. The minimum atomic E-state index is -3.86. The molecule has 0 saturated carbocycles. The summed E-state index contributed by atoms with van der Waals surface area (Å²) in [5, 5.41) is 2.79. The molecule has 0 saturated heterocycles. The number of amides is 1. The van der Waals surface area contributed by atoms with Gasteiger partial charge >= 0.3 is 0 Å². The number of carbonyl (C=O) groups excluding carboxylic acids is 1. The second kappa shape index (κ2) is 9.71. The maximum absolute atomic E-state index is 13.3. The van der Waals surface area contributed by atoms with Crippen LogP contribution >= 0.6 is 0 Å². The zero-order valence-electron chi connectivity index (χ0n) is 16.8. The number of carbonyl (C=O) groups is 1. The first kappa shape index (κ1) is 21.9. The van der Waals surface area contributed by atoms with Gasteiger partial charge < -0.3 is 10.1 Å². The molecule has 7 heteroatoms. The Morgan fingerprint density at radius 1 is 1.14 bits per heavy atom. The van der Waals surface area contributed by atoms with Crippen LogP contribution in [-0.4, -0.2) is 38.8 Å². The molecule has 2 aromatic carbocycles. The van der Waals surface area contributed by atoms with E-state index in [9.17, 15) is 13.2 Å². The Kier molecular flexibility index (Phi) is 7.60. The van der Waals surface area contributed by atoms with Crippen LogP contribution in [0.15, 0.2) is 53.4 Å². The van der Waals surface area contributed by atoms with E-state index in [0.717, 1.165) is 5.56 Å². The molecular weight excluding hydrogens is 376 g/mol. The third-order valence-corrected chi connectivity index (χ3v) is 6.02. The average Bonchev–Trinajstić information content (AvgIpc) is 2.66. The Morgan fingerprint density at radius 3 is 2.39 bits per heavy atom. The molecule has 6 nitrogen and oxygen atoms in total. The number of nitrogens with zero attached hydrogens (tertiary/aromatic N) is 1. The van der Waals surface area contributed by atoms with Crippen LogP contribution in [0.5, 0.6) is 5.75 Å². The van der Waals surface area contributed by atoms with Gasteiger partial charge in [-0.05, 0) is 42.2 Å². The lowest BCUT2D eigenvalue weighted by atomic mass is 10.2. The predicted molar refractivity (Wildman–Crippen MR) is 110 cm³/mol. The summed E-state index contributed by atoms with van der Waals surface area (Å²) in [5.41, 5.74) is 1.53. The smallest absolute Gasteiger partial charge is 0.243 e. The van der Waals surface area contributed by atoms with Crippen LogP contribution in [0, 0.1) is 12.8 Å². The third-order valence-electron chi connectivity index (χ3n) is 4.23. The van der Waals surface area contributed by atoms with Gasteiger partial charge in [-0.1, -0.05) is 44.2 Å². The zero-order valence-corrected chi connectivity index (χ0v) is 17.6. The molecular formula is C21H28N2O4S. The lowest BCUT2D eigenvalue weighted by Crippen LogP contribution is -2.41. The largest absolute Gasteiger partial charge is 0.496 e. The molecule has 0 radical (unpaired) electrons. The van der Waals surface area contributed by atoms with Gasteiger partial charge in [0, 0.05) is 13.1 Å². The van der Waals surface area contributed by atoms with Gasteiger partial charge in [-0.2, -0.15) is 4.31 Å². The summed E-state index contributed by atoms with van der Waals surface area (Å²) < 4.78 is 33.0. The number of rotatable bonds is 9. The second-order valence-corrected chi connectivity index (χ2v) is 9.03. The van der Waals surface area contributed by atoms with Crippen LogP contribution in [0.1, 0.15) is 25.0 Å². The standard InChI is InChI=1S/C21H28N2O4S/c1-16(2)13-22-21(24)15-23(14-18-8-6-5-7-9-18)28(25,26)19-10-11-20(27-4)17(3)12-19/h5-12,16H,13-15H2,1-4H3,(H,22,24). The van der Waals surface area contributed by atoms with Crippen molar-refractivity contribution >= 4 is 15.9 Å². The van der Waals surface area contributed by atoms with Gasteiger partial charge in [-0.15, -0.1) is 0 Å². The molecule has 0 heterocycles. The average molecular weight is 405 g/mol. The quantitative estimate of drug-likeness (QED) is 0.697. The van der Waals surface area contributed by atoms with Gasteiger partial charge in [0.2, 0.25) is 15.9 Å². The Labute approximate surface area is 167 Å². The Hall–Kier alpha value is -2.38. The van der Waals surface area contributed by atoms with Gasteiger partial charge in [-0.3, -0.25) is 4.79 Å². The van der Waals surface area contributed by atoms with E-state index in [0.29, 0.717) is 17.9 Å². The van der Waals surface area contributed by atoms with E-state index in [4.69, 9.17) is 4.74 Å². The number of nitrogens with one attached hydrogen (secondary N) is 1. The summed E-state index contributed by atoms with van der Waals surface area (Å²) in [6, 6.07) is 13.9. The summed E-state index contributed by atoms with van der Waals surface area (Å²) in [5.74, 6) is 0.578. The summed E-state index contributed by atoms with van der Waals surface area (Å²) in [6.45, 7) is 6.13. The summed E-state index contributed by atoms with van der Waals surface area (Å²) in [6.07, 6.45) is 0. The lowest BCUT2D eigenvalue weighted by molar-refractivity contribution is -0.121. The Morgan fingerprint density at radius 2 is 1.82 bits per heavy atom. The highest BCUT2D eigenvalue weighted by Gasteiger charge is 2.27. The van der Waals surface area contributed by atoms with Crippen molar-refractivity contribution in [3.8, 4) is 5.75 Å². The molecule has 0 atom stereocenters. The molecule has 2 rings (SSSR count). The number of ether oxygens (including phenoxy) is 1. The predicted octanol–water partition coefficient (Wildman–Crippen LogP) is 2.97. The molecule has 0 unspecified atom stereocenters. The molecule has 28 heavy (non-hydrogen) atoms. The number of aryl methyl sites for hydroxylation is 1. The van der Waals surface area contributed by atoms with Crippen molar-refractivity contribution < 1.29 is 17.9 Å². The highest BCUT2D eigenvalue weighted by atomic mass is 32.2. The SMILES string of the molecule is COc1ccc(S(=O)(=O)N(CC(=O)NCC(C)C)Cc2ccccc2)cc1C. The highest BCUT2D eigenvalue weighted by molar-refractivity contribution is 7.89. The molecule has 0 aliphatic rings.